The maximum atomic E-state index is 12.3. The van der Waals surface area contributed by atoms with Crippen LogP contribution in [0.25, 0.3) is 10.8 Å². The highest BCUT2D eigenvalue weighted by atomic mass is 16.6. The summed E-state index contributed by atoms with van der Waals surface area (Å²) in [6.45, 7) is 0.255. The third-order valence-corrected chi connectivity index (χ3v) is 3.19. The number of alkyl carbamates (subject to hydrolysis) is 1. The van der Waals surface area contributed by atoms with Gasteiger partial charge < -0.3 is 15.2 Å². The second kappa shape index (κ2) is 4.89. The number of carboxylic acid groups (broad SMARTS) is 1. The van der Waals surface area contributed by atoms with Crippen LogP contribution in [-0.4, -0.2) is 39.6 Å². The van der Waals surface area contributed by atoms with Crippen molar-refractivity contribution in [1.29, 1.82) is 0 Å². The molecule has 1 amide bonds. The third-order valence-electron chi connectivity index (χ3n) is 3.19. The first kappa shape index (κ1) is 13.1. The molecule has 8 nitrogen and oxygen atoms in total. The van der Waals surface area contributed by atoms with E-state index in [0.29, 0.717) is 0 Å². The number of rotatable bonds is 3. The number of carbonyl (C=O) groups is 2. The summed E-state index contributed by atoms with van der Waals surface area (Å²) in [5.74, 6) is -1.22. The highest BCUT2D eigenvalue weighted by Crippen LogP contribution is 2.13. The van der Waals surface area contributed by atoms with Crippen LogP contribution in [0.3, 0.4) is 0 Å². The van der Waals surface area contributed by atoms with Gasteiger partial charge in [-0.1, -0.05) is 18.2 Å². The quantitative estimate of drug-likeness (QED) is 0.835. The van der Waals surface area contributed by atoms with E-state index in [0.717, 1.165) is 4.68 Å². The van der Waals surface area contributed by atoms with E-state index < -0.39 is 23.7 Å². The summed E-state index contributed by atoms with van der Waals surface area (Å²) in [7, 11) is 0. The van der Waals surface area contributed by atoms with Crippen molar-refractivity contribution < 1.29 is 19.4 Å². The SMILES string of the molecule is O=C1NCC(Cn2nc(C(=O)O)c3ccccc3c2=O)O1. The second-order valence-corrected chi connectivity index (χ2v) is 4.59. The van der Waals surface area contributed by atoms with Gasteiger partial charge in [-0.05, 0) is 6.07 Å². The Morgan fingerprint density at radius 3 is 2.71 bits per heavy atom. The van der Waals surface area contributed by atoms with Gasteiger partial charge in [0, 0.05) is 5.39 Å². The normalized spacial score (nSPS) is 17.5. The molecule has 1 unspecified atom stereocenters. The third kappa shape index (κ3) is 2.31. The molecule has 1 aromatic heterocycles. The van der Waals surface area contributed by atoms with E-state index >= 15 is 0 Å². The van der Waals surface area contributed by atoms with Crippen LogP contribution in [0.4, 0.5) is 4.79 Å². The van der Waals surface area contributed by atoms with Crippen molar-refractivity contribution in [1.82, 2.24) is 15.1 Å². The Balaban J connectivity index is 2.10. The molecule has 1 aliphatic rings. The lowest BCUT2D eigenvalue weighted by Crippen LogP contribution is -2.32. The molecule has 2 N–H and O–H groups in total. The Kier molecular flexibility index (Phi) is 3.05. The molecule has 0 aliphatic carbocycles. The van der Waals surface area contributed by atoms with E-state index in [1.54, 1.807) is 18.2 Å². The fourth-order valence-electron chi connectivity index (χ4n) is 2.24. The number of carboxylic acids is 1. The summed E-state index contributed by atoms with van der Waals surface area (Å²) in [6.07, 6.45) is -1.11. The number of carbonyl (C=O) groups excluding carboxylic acids is 1. The molecule has 21 heavy (non-hydrogen) atoms. The predicted octanol–water partition coefficient (Wildman–Crippen LogP) is 0.203. The Labute approximate surface area is 117 Å². The van der Waals surface area contributed by atoms with Gasteiger partial charge in [-0.3, -0.25) is 4.79 Å². The summed E-state index contributed by atoms with van der Waals surface area (Å²) in [6, 6.07) is 6.37. The van der Waals surface area contributed by atoms with Crippen LogP contribution in [0.15, 0.2) is 29.1 Å². The number of ether oxygens (including phenoxy) is 1. The van der Waals surface area contributed by atoms with E-state index in [4.69, 9.17) is 4.74 Å². The number of fused-ring (bicyclic) bond motifs is 1. The summed E-state index contributed by atoms with van der Waals surface area (Å²) in [5.41, 5.74) is -0.624. The fraction of sp³-hybridized carbons (Fsp3) is 0.231. The molecular formula is C13H11N3O5. The molecule has 0 saturated carbocycles. The van der Waals surface area contributed by atoms with Crippen molar-refractivity contribution in [2.45, 2.75) is 12.6 Å². The number of nitrogens with zero attached hydrogens (tertiary/aromatic N) is 2. The van der Waals surface area contributed by atoms with E-state index in [1.807, 2.05) is 0 Å². The van der Waals surface area contributed by atoms with Gasteiger partial charge in [0.15, 0.2) is 5.69 Å². The van der Waals surface area contributed by atoms with Crippen LogP contribution in [-0.2, 0) is 11.3 Å². The zero-order chi connectivity index (χ0) is 15.0. The number of nitrogens with one attached hydrogen (secondary N) is 1. The van der Waals surface area contributed by atoms with Crippen LogP contribution in [0.5, 0.6) is 0 Å². The fourth-order valence-corrected chi connectivity index (χ4v) is 2.24. The van der Waals surface area contributed by atoms with Gasteiger partial charge in [-0.2, -0.15) is 5.10 Å². The van der Waals surface area contributed by atoms with E-state index in [-0.39, 0.29) is 29.6 Å². The lowest BCUT2D eigenvalue weighted by atomic mass is 10.1. The van der Waals surface area contributed by atoms with Crippen molar-refractivity contribution in [2.24, 2.45) is 0 Å². The average Bonchev–Trinajstić information content (AvgIpc) is 2.87. The molecule has 0 spiro atoms. The molecular weight excluding hydrogens is 278 g/mol. The van der Waals surface area contributed by atoms with Crippen LogP contribution in [0.1, 0.15) is 10.5 Å². The van der Waals surface area contributed by atoms with Gasteiger partial charge in [0.1, 0.15) is 6.10 Å². The van der Waals surface area contributed by atoms with Crippen molar-refractivity contribution in [3.8, 4) is 0 Å². The second-order valence-electron chi connectivity index (χ2n) is 4.59. The Morgan fingerprint density at radius 1 is 1.38 bits per heavy atom. The van der Waals surface area contributed by atoms with Crippen LogP contribution in [0, 0.1) is 0 Å². The summed E-state index contributed by atoms with van der Waals surface area (Å²) in [4.78, 5) is 34.6. The largest absolute Gasteiger partial charge is 0.476 e. The number of cyclic esters (lactones) is 1. The maximum Gasteiger partial charge on any atom is 0.407 e. The summed E-state index contributed by atoms with van der Waals surface area (Å²) < 4.78 is 5.96. The van der Waals surface area contributed by atoms with Gasteiger partial charge in [0.05, 0.1) is 18.5 Å². The minimum absolute atomic E-state index is 0.00267. The molecule has 108 valence electrons. The Bertz CT molecular complexity index is 798. The number of benzene rings is 1. The minimum atomic E-state index is -1.22. The summed E-state index contributed by atoms with van der Waals surface area (Å²) >= 11 is 0. The van der Waals surface area contributed by atoms with Crippen molar-refractivity contribution in [2.75, 3.05) is 6.54 Å². The number of aromatic carboxylic acids is 1. The first-order valence-corrected chi connectivity index (χ1v) is 6.24. The molecule has 1 aromatic carbocycles. The zero-order valence-corrected chi connectivity index (χ0v) is 10.8. The molecule has 0 bridgehead atoms. The maximum absolute atomic E-state index is 12.3. The molecule has 2 aromatic rings. The lowest BCUT2D eigenvalue weighted by molar-refractivity contribution is 0.0687. The zero-order valence-electron chi connectivity index (χ0n) is 10.8. The van der Waals surface area contributed by atoms with Gasteiger partial charge in [0.25, 0.3) is 5.56 Å². The molecule has 1 fully saturated rings. The smallest absolute Gasteiger partial charge is 0.407 e. The molecule has 3 rings (SSSR count). The van der Waals surface area contributed by atoms with Crippen molar-refractivity contribution in [3.05, 3.63) is 40.3 Å². The number of amides is 1. The molecule has 8 heteroatoms. The van der Waals surface area contributed by atoms with Crippen molar-refractivity contribution in [3.63, 3.8) is 0 Å². The molecule has 0 radical (unpaired) electrons. The average molecular weight is 289 g/mol. The van der Waals surface area contributed by atoms with Gasteiger partial charge in [0.2, 0.25) is 0 Å². The van der Waals surface area contributed by atoms with E-state index in [9.17, 15) is 19.5 Å². The monoisotopic (exact) mass is 289 g/mol. The molecule has 1 aliphatic heterocycles. The number of aromatic nitrogens is 2. The van der Waals surface area contributed by atoms with Gasteiger partial charge >= 0.3 is 12.1 Å². The van der Waals surface area contributed by atoms with Gasteiger partial charge in [-0.15, -0.1) is 0 Å². The lowest BCUT2D eigenvalue weighted by Gasteiger charge is -2.11. The van der Waals surface area contributed by atoms with Crippen LogP contribution < -0.4 is 10.9 Å². The highest BCUT2D eigenvalue weighted by Gasteiger charge is 2.25. The first-order valence-electron chi connectivity index (χ1n) is 6.24. The highest BCUT2D eigenvalue weighted by molar-refractivity contribution is 6.01. The van der Waals surface area contributed by atoms with Crippen LogP contribution >= 0.6 is 0 Å². The van der Waals surface area contributed by atoms with E-state index in [2.05, 4.69) is 10.4 Å². The van der Waals surface area contributed by atoms with Crippen molar-refractivity contribution >= 4 is 22.8 Å². The topological polar surface area (TPSA) is 111 Å². The minimum Gasteiger partial charge on any atom is -0.476 e. The Morgan fingerprint density at radius 2 is 2.10 bits per heavy atom. The van der Waals surface area contributed by atoms with Crippen LogP contribution in [0.2, 0.25) is 0 Å². The predicted molar refractivity (Wildman–Crippen MR) is 71.2 cm³/mol. The number of hydrogen-bond acceptors (Lipinski definition) is 5. The van der Waals surface area contributed by atoms with Gasteiger partial charge in [-0.25, -0.2) is 14.3 Å². The first-order chi connectivity index (χ1) is 10.1. The Hall–Kier alpha value is -2.90. The molecule has 2 heterocycles. The molecule has 1 saturated heterocycles. The number of hydrogen-bond donors (Lipinski definition) is 2. The standard InChI is InChI=1S/C13H11N3O5/c17-11-9-4-2-1-3-8(9)10(12(18)19)15-16(11)6-7-5-14-13(20)21-7/h1-4,7H,5-6H2,(H,14,20)(H,18,19). The molecule has 1 atom stereocenters. The van der Waals surface area contributed by atoms with E-state index in [1.165, 1.54) is 6.07 Å². The summed E-state index contributed by atoms with van der Waals surface area (Å²) in [5, 5.41) is 16.1.